The standard InChI is InChI=1S/C21H44F6O4Si3/c1-18(2,3)32(6)30-33(7,8)31-34(9,17-28-16-14-20(22,23)24)29-15-12-10-11-13-19(4,5)21(25,26)27/h32H,10-17H2,1-9H3. The molecule has 0 heterocycles. The van der Waals surface area contributed by atoms with Crippen molar-refractivity contribution in [1.29, 1.82) is 0 Å². The molecular weight excluding hydrogens is 514 g/mol. The summed E-state index contributed by atoms with van der Waals surface area (Å²) in [6, 6.07) is 0. The van der Waals surface area contributed by atoms with Crippen molar-refractivity contribution in [2.45, 2.75) is 110 Å². The maximum absolute atomic E-state index is 13.0. The third-order valence-corrected chi connectivity index (χ3v) is 17.0. The van der Waals surface area contributed by atoms with Gasteiger partial charge in [0.2, 0.25) is 0 Å². The number of unbranched alkanes of at least 4 members (excludes halogenated alkanes) is 2. The van der Waals surface area contributed by atoms with Crippen molar-refractivity contribution in [3.63, 3.8) is 0 Å². The van der Waals surface area contributed by atoms with Crippen molar-refractivity contribution in [3.05, 3.63) is 0 Å². The highest BCUT2D eigenvalue weighted by Crippen LogP contribution is 2.41. The molecule has 0 aromatic carbocycles. The Labute approximate surface area is 205 Å². The molecule has 0 saturated carbocycles. The van der Waals surface area contributed by atoms with Gasteiger partial charge in [-0.2, -0.15) is 26.3 Å². The molecule has 0 aliphatic heterocycles. The summed E-state index contributed by atoms with van der Waals surface area (Å²) in [6.45, 7) is 16.1. The second kappa shape index (κ2) is 13.0. The summed E-state index contributed by atoms with van der Waals surface area (Å²) in [4.78, 5) is 0. The van der Waals surface area contributed by atoms with Crippen LogP contribution in [0.15, 0.2) is 0 Å². The molecular formula is C21H44F6O4Si3. The van der Waals surface area contributed by atoms with Gasteiger partial charge in [-0.15, -0.1) is 0 Å². The molecule has 4 nitrogen and oxygen atoms in total. The van der Waals surface area contributed by atoms with Crippen molar-refractivity contribution in [3.8, 4) is 0 Å². The van der Waals surface area contributed by atoms with Crippen LogP contribution in [0.2, 0.25) is 31.2 Å². The third-order valence-electron chi connectivity index (χ3n) is 5.66. The predicted molar refractivity (Wildman–Crippen MR) is 130 cm³/mol. The van der Waals surface area contributed by atoms with E-state index in [4.69, 9.17) is 17.4 Å². The molecule has 0 saturated heterocycles. The summed E-state index contributed by atoms with van der Waals surface area (Å²) in [5.41, 5.74) is -1.74. The van der Waals surface area contributed by atoms with Crippen molar-refractivity contribution in [1.82, 2.24) is 0 Å². The van der Waals surface area contributed by atoms with Gasteiger partial charge in [-0.1, -0.05) is 47.5 Å². The smallest absolute Gasteiger partial charge is 0.393 e. The number of halogens is 6. The van der Waals surface area contributed by atoms with Crippen LogP contribution in [0, 0.1) is 5.41 Å². The van der Waals surface area contributed by atoms with E-state index in [1.54, 1.807) is 6.55 Å². The first-order valence-corrected chi connectivity index (χ1v) is 19.3. The number of alkyl halides is 6. The second-order valence-corrected chi connectivity index (χ2v) is 21.6. The molecule has 0 aliphatic rings. The summed E-state index contributed by atoms with van der Waals surface area (Å²) in [7, 11) is -7.32. The Kier molecular flexibility index (Phi) is 13.1. The molecule has 0 radical (unpaired) electrons. The largest absolute Gasteiger partial charge is 0.439 e. The monoisotopic (exact) mass is 558 g/mol. The molecule has 0 aromatic heterocycles. The molecule has 0 bridgehead atoms. The molecule has 0 aromatic rings. The SMILES string of the molecule is C[SiH](O[Si](C)(C)O[Si](C)(COCCC(F)(F)F)OCCCCCC(C)(C)C(F)(F)F)C(C)(C)C. The van der Waals surface area contributed by atoms with Crippen LogP contribution in [-0.2, 0) is 17.4 Å². The summed E-state index contributed by atoms with van der Waals surface area (Å²) >= 11 is 0. The van der Waals surface area contributed by atoms with E-state index in [0.29, 0.717) is 19.3 Å². The lowest BCUT2D eigenvalue weighted by Crippen LogP contribution is -2.55. The Morgan fingerprint density at radius 2 is 1.32 bits per heavy atom. The molecule has 34 heavy (non-hydrogen) atoms. The van der Waals surface area contributed by atoms with Crippen molar-refractivity contribution in [2.75, 3.05) is 19.4 Å². The van der Waals surface area contributed by atoms with E-state index >= 15 is 0 Å². The average Bonchev–Trinajstić information content (AvgIpc) is 2.58. The number of ether oxygens (including phenoxy) is 1. The van der Waals surface area contributed by atoms with Crippen LogP contribution in [-0.4, -0.2) is 58.0 Å². The number of hydrogen-bond acceptors (Lipinski definition) is 4. The van der Waals surface area contributed by atoms with E-state index in [1.165, 1.54) is 13.8 Å². The Hall–Kier alpha value is 0.0706. The molecule has 2 unspecified atom stereocenters. The summed E-state index contributed by atoms with van der Waals surface area (Å²) < 4.78 is 100. The van der Waals surface area contributed by atoms with Gasteiger partial charge in [0.25, 0.3) is 0 Å². The second-order valence-electron chi connectivity index (χ2n) is 11.2. The lowest BCUT2D eigenvalue weighted by atomic mass is 9.86. The molecule has 0 amide bonds. The summed E-state index contributed by atoms with van der Waals surface area (Å²) in [5.74, 6) is 0. The van der Waals surface area contributed by atoms with Crippen LogP contribution in [0.4, 0.5) is 26.3 Å². The van der Waals surface area contributed by atoms with Crippen LogP contribution in [0.5, 0.6) is 0 Å². The molecule has 0 rings (SSSR count). The van der Waals surface area contributed by atoms with Crippen LogP contribution < -0.4 is 0 Å². The topological polar surface area (TPSA) is 36.9 Å². The fourth-order valence-corrected chi connectivity index (χ4v) is 14.2. The Morgan fingerprint density at radius 3 is 1.79 bits per heavy atom. The van der Waals surface area contributed by atoms with Crippen LogP contribution >= 0.6 is 0 Å². The van der Waals surface area contributed by atoms with Crippen molar-refractivity contribution >= 4 is 26.2 Å². The predicted octanol–water partition coefficient (Wildman–Crippen LogP) is 7.62. The molecule has 13 heteroatoms. The molecule has 206 valence electrons. The van der Waals surface area contributed by atoms with E-state index in [-0.39, 0.29) is 24.3 Å². The van der Waals surface area contributed by atoms with Gasteiger partial charge in [-0.3, -0.25) is 0 Å². The van der Waals surface area contributed by atoms with Crippen molar-refractivity contribution < 1.29 is 43.7 Å². The Bertz CT molecular complexity index is 595. The van der Waals surface area contributed by atoms with E-state index in [0.717, 1.165) is 0 Å². The maximum Gasteiger partial charge on any atom is 0.393 e. The molecule has 0 aliphatic carbocycles. The van der Waals surface area contributed by atoms with Crippen LogP contribution in [0.1, 0.15) is 66.7 Å². The van der Waals surface area contributed by atoms with Gasteiger partial charge in [-0.25, -0.2) is 0 Å². The molecule has 0 fully saturated rings. The zero-order valence-electron chi connectivity index (χ0n) is 22.1. The quantitative estimate of drug-likeness (QED) is 0.118. The number of hydrogen-bond donors (Lipinski definition) is 0. The zero-order valence-corrected chi connectivity index (χ0v) is 25.3. The van der Waals surface area contributed by atoms with Gasteiger partial charge in [0.15, 0.2) is 9.04 Å². The zero-order chi connectivity index (χ0) is 27.1. The van der Waals surface area contributed by atoms with Crippen LogP contribution in [0.25, 0.3) is 0 Å². The minimum absolute atomic E-state index is 0.0137. The van der Waals surface area contributed by atoms with Gasteiger partial charge in [0, 0.05) is 6.61 Å². The summed E-state index contributed by atoms with van der Waals surface area (Å²) in [6.07, 6.45) is -8.20. The van der Waals surface area contributed by atoms with Gasteiger partial charge in [0.05, 0.1) is 24.7 Å². The van der Waals surface area contributed by atoms with Gasteiger partial charge in [-0.05, 0) is 44.1 Å². The minimum Gasteiger partial charge on any atom is -0.439 e. The first-order valence-electron chi connectivity index (χ1n) is 11.7. The highest BCUT2D eigenvalue weighted by Gasteiger charge is 2.46. The molecule has 0 N–H and O–H groups in total. The van der Waals surface area contributed by atoms with Gasteiger partial charge in [0.1, 0.15) is 0 Å². The van der Waals surface area contributed by atoms with E-state index in [2.05, 4.69) is 27.3 Å². The molecule has 2 atom stereocenters. The highest BCUT2D eigenvalue weighted by molar-refractivity contribution is 6.82. The van der Waals surface area contributed by atoms with E-state index in [9.17, 15) is 26.3 Å². The van der Waals surface area contributed by atoms with Crippen molar-refractivity contribution in [2.24, 2.45) is 5.41 Å². The number of rotatable bonds is 15. The minimum atomic E-state index is -4.31. The Balaban J connectivity index is 4.94. The fourth-order valence-electron chi connectivity index (χ4n) is 2.97. The van der Waals surface area contributed by atoms with Gasteiger partial charge < -0.3 is 17.4 Å². The van der Waals surface area contributed by atoms with Crippen LogP contribution in [0.3, 0.4) is 0 Å². The normalized spacial score (nSPS) is 17.0. The first kappa shape index (κ1) is 34.1. The molecule has 0 spiro atoms. The highest BCUT2D eigenvalue weighted by atomic mass is 28.5. The lowest BCUT2D eigenvalue weighted by molar-refractivity contribution is -0.214. The first-order chi connectivity index (χ1) is 15.0. The Morgan fingerprint density at radius 1 is 0.765 bits per heavy atom. The lowest BCUT2D eigenvalue weighted by Gasteiger charge is -2.39. The third kappa shape index (κ3) is 14.6. The fraction of sp³-hybridized carbons (Fsp3) is 1.00. The average molecular weight is 559 g/mol. The van der Waals surface area contributed by atoms with Gasteiger partial charge >= 0.3 is 29.5 Å². The maximum atomic E-state index is 13.0. The van der Waals surface area contributed by atoms with E-state index < -0.39 is 57.0 Å². The van der Waals surface area contributed by atoms with E-state index in [1.807, 2.05) is 13.1 Å². The summed E-state index contributed by atoms with van der Waals surface area (Å²) in [5, 5.41) is 0.0137.